The van der Waals surface area contributed by atoms with Gasteiger partial charge in [0.1, 0.15) is 5.82 Å². The number of benzene rings is 1. The average molecular weight is 333 g/mol. The van der Waals surface area contributed by atoms with Gasteiger partial charge < -0.3 is 10.2 Å². The van der Waals surface area contributed by atoms with Gasteiger partial charge in [0, 0.05) is 35.2 Å². The number of anilines is 1. The van der Waals surface area contributed by atoms with Crippen molar-refractivity contribution in [2.75, 3.05) is 18.0 Å². The monoisotopic (exact) mass is 332 g/mol. The molecular weight excluding hydrogens is 314 g/mol. The molecule has 0 amide bonds. The van der Waals surface area contributed by atoms with Gasteiger partial charge in [-0.3, -0.25) is 0 Å². The lowest BCUT2D eigenvalue weighted by Crippen LogP contribution is -2.61. The second kappa shape index (κ2) is 5.37. The Morgan fingerprint density at radius 1 is 1.42 bits per heavy atom. The van der Waals surface area contributed by atoms with Gasteiger partial charge in [-0.2, -0.15) is 0 Å². The normalized spacial score (nSPS) is 22.6. The molecule has 1 atom stereocenters. The van der Waals surface area contributed by atoms with E-state index in [2.05, 4.69) is 42.0 Å². The summed E-state index contributed by atoms with van der Waals surface area (Å²) in [5, 5.41) is 3.46. The van der Waals surface area contributed by atoms with Crippen LogP contribution in [0.15, 0.2) is 16.6 Å². The average Bonchev–Trinajstić information content (AvgIpc) is 2.26. The Hall–Kier alpha value is -0.680. The van der Waals surface area contributed by atoms with Crippen LogP contribution in [0.5, 0.6) is 0 Å². The molecule has 0 aromatic heterocycles. The van der Waals surface area contributed by atoms with E-state index >= 15 is 0 Å². The number of nitrogens with zero attached hydrogens (tertiary/aromatic N) is 1. The smallest absolute Gasteiger partial charge is 0.150 e. The third kappa shape index (κ3) is 3.08. The van der Waals surface area contributed by atoms with Crippen molar-refractivity contribution in [2.45, 2.75) is 38.8 Å². The molecule has 1 heterocycles. The lowest BCUT2D eigenvalue weighted by molar-refractivity contribution is 0.304. The highest BCUT2D eigenvalue weighted by Gasteiger charge is 2.34. The SMILES string of the molecule is CCC1CNC(C)(C)CN1c1c(F)cc(F)cc1Br. The van der Waals surface area contributed by atoms with E-state index in [1.165, 1.54) is 6.07 Å². The molecule has 1 aliphatic rings. The Balaban J connectivity index is 2.42. The summed E-state index contributed by atoms with van der Waals surface area (Å²) in [5.41, 5.74) is 0.370. The second-order valence-corrected chi connectivity index (χ2v) is 6.53. The van der Waals surface area contributed by atoms with Crippen molar-refractivity contribution in [2.24, 2.45) is 0 Å². The molecule has 1 fully saturated rings. The first-order chi connectivity index (χ1) is 8.84. The van der Waals surface area contributed by atoms with Crippen molar-refractivity contribution in [1.29, 1.82) is 0 Å². The molecule has 0 bridgehead atoms. The summed E-state index contributed by atoms with van der Waals surface area (Å²) in [6.07, 6.45) is 0.909. The quantitative estimate of drug-likeness (QED) is 0.888. The molecule has 0 saturated carbocycles. The summed E-state index contributed by atoms with van der Waals surface area (Å²) >= 11 is 3.29. The molecule has 0 spiro atoms. The van der Waals surface area contributed by atoms with Gasteiger partial charge in [-0.1, -0.05) is 6.92 Å². The van der Waals surface area contributed by atoms with E-state index in [0.29, 0.717) is 16.7 Å². The minimum atomic E-state index is -0.560. The molecule has 5 heteroatoms. The van der Waals surface area contributed by atoms with E-state index in [9.17, 15) is 8.78 Å². The molecule has 1 aromatic rings. The Kier molecular flexibility index (Phi) is 4.16. The van der Waals surface area contributed by atoms with Crippen LogP contribution in [0, 0.1) is 11.6 Å². The molecule has 19 heavy (non-hydrogen) atoms. The second-order valence-electron chi connectivity index (χ2n) is 5.67. The topological polar surface area (TPSA) is 15.3 Å². The zero-order valence-electron chi connectivity index (χ0n) is 11.4. The summed E-state index contributed by atoms with van der Waals surface area (Å²) in [4.78, 5) is 2.04. The number of nitrogens with one attached hydrogen (secondary N) is 1. The van der Waals surface area contributed by atoms with Gasteiger partial charge in [-0.25, -0.2) is 8.78 Å². The predicted molar refractivity (Wildman–Crippen MR) is 77.6 cm³/mol. The lowest BCUT2D eigenvalue weighted by atomic mass is 9.96. The summed E-state index contributed by atoms with van der Waals surface area (Å²) in [5.74, 6) is -1.07. The van der Waals surface area contributed by atoms with Crippen LogP contribution in [0.25, 0.3) is 0 Å². The lowest BCUT2D eigenvalue weighted by Gasteiger charge is -2.46. The maximum absolute atomic E-state index is 14.1. The van der Waals surface area contributed by atoms with Crippen molar-refractivity contribution in [3.8, 4) is 0 Å². The summed E-state index contributed by atoms with van der Waals surface area (Å²) in [7, 11) is 0. The largest absolute Gasteiger partial charge is 0.362 e. The maximum atomic E-state index is 14.1. The first-order valence-corrected chi connectivity index (χ1v) is 7.29. The Labute approximate surface area is 121 Å². The number of halogens is 3. The van der Waals surface area contributed by atoms with Crippen LogP contribution >= 0.6 is 15.9 Å². The summed E-state index contributed by atoms with van der Waals surface area (Å²) in [6, 6.07) is 2.48. The van der Waals surface area contributed by atoms with Crippen LogP contribution in [-0.4, -0.2) is 24.7 Å². The van der Waals surface area contributed by atoms with Gasteiger partial charge in [0.05, 0.1) is 5.69 Å². The number of hydrogen-bond acceptors (Lipinski definition) is 2. The molecule has 1 saturated heterocycles. The fraction of sp³-hybridized carbons (Fsp3) is 0.571. The van der Waals surface area contributed by atoms with Gasteiger partial charge in [0.25, 0.3) is 0 Å². The van der Waals surface area contributed by atoms with E-state index < -0.39 is 11.6 Å². The number of rotatable bonds is 2. The Bertz CT molecular complexity index is 454. The molecule has 0 aliphatic carbocycles. The minimum absolute atomic E-state index is 0.0913. The summed E-state index contributed by atoms with van der Waals surface area (Å²) in [6.45, 7) is 7.73. The molecule has 2 nitrogen and oxygen atoms in total. The molecule has 0 radical (unpaired) electrons. The highest BCUT2D eigenvalue weighted by Crippen LogP contribution is 2.34. The summed E-state index contributed by atoms with van der Waals surface area (Å²) < 4.78 is 27.8. The zero-order chi connectivity index (χ0) is 14.2. The Morgan fingerprint density at radius 3 is 2.68 bits per heavy atom. The predicted octanol–water partition coefficient (Wildman–Crippen LogP) is 3.69. The molecule has 2 rings (SSSR count). The van der Waals surface area contributed by atoms with Gasteiger partial charge in [0.15, 0.2) is 5.82 Å². The van der Waals surface area contributed by atoms with Crippen molar-refractivity contribution >= 4 is 21.6 Å². The third-order valence-electron chi connectivity index (χ3n) is 3.56. The zero-order valence-corrected chi connectivity index (χ0v) is 13.0. The third-order valence-corrected chi connectivity index (χ3v) is 4.17. The standard InChI is InChI=1S/C14H19BrF2N2/c1-4-10-7-18-14(2,3)8-19(10)13-11(15)5-9(16)6-12(13)17/h5-6,10,18H,4,7-8H2,1-3H3. The van der Waals surface area contributed by atoms with Crippen molar-refractivity contribution < 1.29 is 8.78 Å². The van der Waals surface area contributed by atoms with Crippen LogP contribution < -0.4 is 10.2 Å². The van der Waals surface area contributed by atoms with Gasteiger partial charge in [0.2, 0.25) is 0 Å². The Morgan fingerprint density at radius 2 is 2.11 bits per heavy atom. The molecule has 1 unspecified atom stereocenters. The van der Waals surface area contributed by atoms with Crippen molar-refractivity contribution in [3.63, 3.8) is 0 Å². The van der Waals surface area contributed by atoms with Crippen LogP contribution in [-0.2, 0) is 0 Å². The molecule has 106 valence electrons. The van der Waals surface area contributed by atoms with Gasteiger partial charge >= 0.3 is 0 Å². The maximum Gasteiger partial charge on any atom is 0.150 e. The van der Waals surface area contributed by atoms with Gasteiger partial charge in [-0.15, -0.1) is 0 Å². The van der Waals surface area contributed by atoms with Crippen LogP contribution in [0.2, 0.25) is 0 Å². The van der Waals surface area contributed by atoms with Crippen LogP contribution in [0.1, 0.15) is 27.2 Å². The highest BCUT2D eigenvalue weighted by molar-refractivity contribution is 9.10. The first-order valence-electron chi connectivity index (χ1n) is 6.50. The molecular formula is C14H19BrF2N2. The molecule has 1 aromatic carbocycles. The fourth-order valence-corrected chi connectivity index (χ4v) is 3.19. The van der Waals surface area contributed by atoms with Crippen LogP contribution in [0.4, 0.5) is 14.5 Å². The van der Waals surface area contributed by atoms with E-state index in [-0.39, 0.29) is 11.6 Å². The van der Waals surface area contributed by atoms with Crippen molar-refractivity contribution in [1.82, 2.24) is 5.32 Å². The van der Waals surface area contributed by atoms with Crippen molar-refractivity contribution in [3.05, 3.63) is 28.2 Å². The molecule has 1 aliphatic heterocycles. The van der Waals surface area contributed by atoms with E-state index in [4.69, 9.17) is 0 Å². The first kappa shape index (κ1) is 14.7. The number of hydrogen-bond donors (Lipinski definition) is 1. The van der Waals surface area contributed by atoms with Gasteiger partial charge in [-0.05, 0) is 42.3 Å². The number of piperazine rings is 1. The highest BCUT2D eigenvalue weighted by atomic mass is 79.9. The van der Waals surface area contributed by atoms with E-state index in [1.807, 2.05) is 4.90 Å². The van der Waals surface area contributed by atoms with Crippen LogP contribution in [0.3, 0.4) is 0 Å². The van der Waals surface area contributed by atoms with E-state index in [1.54, 1.807) is 0 Å². The molecule has 1 N–H and O–H groups in total. The minimum Gasteiger partial charge on any atom is -0.362 e. The van der Waals surface area contributed by atoms with E-state index in [0.717, 1.165) is 19.0 Å². The fourth-order valence-electron chi connectivity index (χ4n) is 2.55.